The largest absolute Gasteiger partial charge is 0.399 e. The molecular formula is C20H16BrN5O. The van der Waals surface area contributed by atoms with Gasteiger partial charge in [0.25, 0.3) is 0 Å². The summed E-state index contributed by atoms with van der Waals surface area (Å²) >= 11 is 3.43. The maximum Gasteiger partial charge on any atom is 0.219 e. The second kappa shape index (κ2) is 6.91. The average Bonchev–Trinajstić information content (AvgIpc) is 2.66. The molecule has 0 aromatic heterocycles. The Hall–Kier alpha value is -3.08. The third-order valence-corrected chi connectivity index (χ3v) is 5.81. The lowest BCUT2D eigenvalue weighted by atomic mass is 9.58. The fraction of sp³-hybridized carbons (Fsp3) is 0.300. The lowest BCUT2D eigenvalue weighted by Crippen LogP contribution is -2.48. The highest BCUT2D eigenvalue weighted by molar-refractivity contribution is 9.10. The van der Waals surface area contributed by atoms with Gasteiger partial charge in [0.05, 0.1) is 23.4 Å². The van der Waals surface area contributed by atoms with Crippen LogP contribution in [-0.4, -0.2) is 23.9 Å². The van der Waals surface area contributed by atoms with Gasteiger partial charge >= 0.3 is 0 Å². The van der Waals surface area contributed by atoms with Crippen molar-refractivity contribution in [2.75, 3.05) is 13.1 Å². The van der Waals surface area contributed by atoms with Crippen LogP contribution in [0.3, 0.4) is 0 Å². The normalized spacial score (nSPS) is 23.4. The number of benzene rings is 1. The van der Waals surface area contributed by atoms with E-state index in [4.69, 9.17) is 5.73 Å². The number of nitrogens with zero attached hydrogens (tertiary/aromatic N) is 4. The van der Waals surface area contributed by atoms with Gasteiger partial charge in [-0.3, -0.25) is 4.79 Å². The molecule has 2 aliphatic rings. The second-order valence-electron chi connectivity index (χ2n) is 6.65. The van der Waals surface area contributed by atoms with Crippen LogP contribution in [0.1, 0.15) is 18.4 Å². The zero-order valence-electron chi connectivity index (χ0n) is 14.6. The Morgan fingerprint density at radius 2 is 2.04 bits per heavy atom. The third-order valence-electron chi connectivity index (χ3n) is 5.32. The van der Waals surface area contributed by atoms with Crippen molar-refractivity contribution >= 4 is 21.8 Å². The van der Waals surface area contributed by atoms with Crippen LogP contribution in [0.5, 0.6) is 0 Å². The molecule has 0 saturated carbocycles. The van der Waals surface area contributed by atoms with Crippen LogP contribution in [0, 0.1) is 45.3 Å². The van der Waals surface area contributed by atoms with E-state index in [2.05, 4.69) is 34.1 Å². The molecule has 27 heavy (non-hydrogen) atoms. The molecule has 2 atom stereocenters. The van der Waals surface area contributed by atoms with Crippen molar-refractivity contribution in [1.29, 1.82) is 15.8 Å². The Morgan fingerprint density at radius 1 is 1.33 bits per heavy atom. The first kappa shape index (κ1) is 18.7. The molecule has 3 rings (SSSR count). The molecule has 1 amide bonds. The summed E-state index contributed by atoms with van der Waals surface area (Å²) in [5.41, 5.74) is 6.18. The molecule has 2 N–H and O–H groups in total. The summed E-state index contributed by atoms with van der Waals surface area (Å²) in [5.74, 6) is -1.08. The van der Waals surface area contributed by atoms with Crippen molar-refractivity contribution in [2.45, 2.75) is 12.8 Å². The van der Waals surface area contributed by atoms with Crippen LogP contribution in [0.25, 0.3) is 0 Å². The molecule has 7 heteroatoms. The van der Waals surface area contributed by atoms with E-state index in [0.717, 1.165) is 10.0 Å². The summed E-state index contributed by atoms with van der Waals surface area (Å²) in [4.78, 5) is 13.6. The van der Waals surface area contributed by atoms with Crippen molar-refractivity contribution in [1.82, 2.24) is 4.90 Å². The van der Waals surface area contributed by atoms with E-state index < -0.39 is 11.3 Å². The Bertz CT molecular complexity index is 990. The van der Waals surface area contributed by atoms with E-state index in [1.54, 1.807) is 4.90 Å². The van der Waals surface area contributed by atoms with Crippen molar-refractivity contribution in [3.05, 3.63) is 57.2 Å². The SMILES string of the molecule is CC(=O)N1CC=C2C(C#N)=C(N)C(C#N)(C#N)[C@H](c3cccc(Br)c3)[C@@H]2C1. The summed E-state index contributed by atoms with van der Waals surface area (Å²) in [6, 6.07) is 13.6. The van der Waals surface area contributed by atoms with Gasteiger partial charge in [-0.05, 0) is 23.3 Å². The van der Waals surface area contributed by atoms with Crippen LogP contribution in [0.2, 0.25) is 0 Å². The number of carbonyl (C=O) groups excluding carboxylic acids is 1. The summed E-state index contributed by atoms with van der Waals surface area (Å²) in [7, 11) is 0. The van der Waals surface area contributed by atoms with E-state index in [9.17, 15) is 20.6 Å². The number of carbonyl (C=O) groups is 1. The molecule has 1 aliphatic carbocycles. The molecule has 0 spiro atoms. The molecular weight excluding hydrogens is 406 g/mol. The molecule has 1 aliphatic heterocycles. The summed E-state index contributed by atoms with van der Waals surface area (Å²) in [6.07, 6.45) is 1.81. The van der Waals surface area contributed by atoms with Crippen LogP contribution < -0.4 is 5.73 Å². The Kier molecular flexibility index (Phi) is 4.79. The number of hydrogen-bond acceptors (Lipinski definition) is 5. The van der Waals surface area contributed by atoms with Gasteiger partial charge in [-0.25, -0.2) is 0 Å². The molecule has 0 bridgehead atoms. The van der Waals surface area contributed by atoms with E-state index in [1.165, 1.54) is 6.92 Å². The number of hydrogen-bond donors (Lipinski definition) is 1. The highest BCUT2D eigenvalue weighted by Crippen LogP contribution is 2.54. The van der Waals surface area contributed by atoms with Crippen molar-refractivity contribution in [3.63, 3.8) is 0 Å². The second-order valence-corrected chi connectivity index (χ2v) is 7.57. The lowest BCUT2D eigenvalue weighted by Gasteiger charge is -2.45. The maximum absolute atomic E-state index is 11.9. The Balaban J connectivity index is 2.32. The molecule has 134 valence electrons. The van der Waals surface area contributed by atoms with Crippen molar-refractivity contribution < 1.29 is 4.79 Å². The number of nitriles is 3. The first-order chi connectivity index (χ1) is 12.9. The van der Waals surface area contributed by atoms with Crippen LogP contribution >= 0.6 is 15.9 Å². The van der Waals surface area contributed by atoms with Gasteiger partial charge in [0.15, 0.2) is 5.41 Å². The predicted octanol–water partition coefficient (Wildman–Crippen LogP) is 2.72. The lowest BCUT2D eigenvalue weighted by molar-refractivity contribution is -0.129. The number of nitrogens with two attached hydrogens (primary N) is 1. The smallest absolute Gasteiger partial charge is 0.219 e. The van der Waals surface area contributed by atoms with E-state index in [1.807, 2.05) is 30.3 Å². The van der Waals surface area contributed by atoms with Gasteiger partial charge < -0.3 is 10.6 Å². The minimum Gasteiger partial charge on any atom is -0.399 e. The van der Waals surface area contributed by atoms with Gasteiger partial charge in [-0.15, -0.1) is 0 Å². The van der Waals surface area contributed by atoms with Crippen LogP contribution in [-0.2, 0) is 4.79 Å². The first-order valence-electron chi connectivity index (χ1n) is 8.33. The first-order valence-corrected chi connectivity index (χ1v) is 9.13. The highest BCUT2D eigenvalue weighted by Gasteiger charge is 2.54. The monoisotopic (exact) mass is 421 g/mol. The number of halogens is 1. The summed E-state index contributed by atoms with van der Waals surface area (Å²) in [6.45, 7) is 2.17. The third kappa shape index (κ3) is 2.79. The average molecular weight is 422 g/mol. The minimum absolute atomic E-state index is 0.0150. The van der Waals surface area contributed by atoms with Gasteiger partial charge in [0, 0.05) is 36.3 Å². The number of fused-ring (bicyclic) bond motifs is 1. The molecule has 0 fully saturated rings. The number of rotatable bonds is 1. The summed E-state index contributed by atoms with van der Waals surface area (Å²) < 4.78 is 0.808. The highest BCUT2D eigenvalue weighted by atomic mass is 79.9. The van der Waals surface area contributed by atoms with Crippen LogP contribution in [0.4, 0.5) is 0 Å². The molecule has 0 radical (unpaired) electrons. The molecule has 0 unspecified atom stereocenters. The van der Waals surface area contributed by atoms with Gasteiger partial charge in [0.1, 0.15) is 6.07 Å². The fourth-order valence-corrected chi connectivity index (χ4v) is 4.43. The molecule has 1 aromatic rings. The minimum atomic E-state index is -1.69. The van der Waals surface area contributed by atoms with E-state index in [-0.39, 0.29) is 23.1 Å². The fourth-order valence-electron chi connectivity index (χ4n) is 4.01. The molecule has 1 heterocycles. The Labute approximate surface area is 165 Å². The zero-order valence-corrected chi connectivity index (χ0v) is 16.2. The number of amides is 1. The van der Waals surface area contributed by atoms with E-state index in [0.29, 0.717) is 18.7 Å². The quantitative estimate of drug-likeness (QED) is 0.747. The summed E-state index contributed by atoms with van der Waals surface area (Å²) in [5, 5.41) is 29.6. The van der Waals surface area contributed by atoms with Gasteiger partial charge in [-0.1, -0.05) is 34.1 Å². The van der Waals surface area contributed by atoms with Gasteiger partial charge in [-0.2, -0.15) is 15.8 Å². The van der Waals surface area contributed by atoms with Crippen LogP contribution in [0.15, 0.2) is 51.7 Å². The standard InChI is InChI=1S/C20H16BrN5O/c1-12(27)26-6-5-15-16(8-22)19(25)20(10-23,11-24)18(17(15)9-26)13-3-2-4-14(21)7-13/h2-5,7,17-18H,6,9,25H2,1H3/t17-,18-/m1/s1. The zero-order chi connectivity index (χ0) is 19.8. The molecule has 6 nitrogen and oxygen atoms in total. The van der Waals surface area contributed by atoms with Crippen molar-refractivity contribution in [2.24, 2.45) is 17.1 Å². The predicted molar refractivity (Wildman–Crippen MR) is 101 cm³/mol. The number of allylic oxidation sites excluding steroid dienone is 2. The van der Waals surface area contributed by atoms with E-state index >= 15 is 0 Å². The molecule has 1 aromatic carbocycles. The van der Waals surface area contributed by atoms with Gasteiger partial charge in [0.2, 0.25) is 5.91 Å². The molecule has 0 saturated heterocycles. The Morgan fingerprint density at radius 3 is 2.59 bits per heavy atom. The topological polar surface area (TPSA) is 118 Å². The maximum atomic E-state index is 11.9. The van der Waals surface area contributed by atoms with Crippen molar-refractivity contribution in [3.8, 4) is 18.2 Å².